The van der Waals surface area contributed by atoms with Crippen molar-refractivity contribution >= 4 is 35.0 Å². The van der Waals surface area contributed by atoms with Crippen molar-refractivity contribution in [3.63, 3.8) is 0 Å². The second-order valence-electron chi connectivity index (χ2n) is 1.54. The second kappa shape index (κ2) is 5.21. The fourth-order valence-corrected chi connectivity index (χ4v) is 1.16. The van der Waals surface area contributed by atoms with Crippen molar-refractivity contribution in [3.8, 4) is 0 Å². The lowest BCUT2D eigenvalue weighted by Crippen LogP contribution is -1.64. The zero-order valence-electron chi connectivity index (χ0n) is 5.32. The van der Waals surface area contributed by atoms with Gasteiger partial charge in [0.25, 0.3) is 0 Å². The Morgan fingerprint density at radius 1 is 1.11 bits per heavy atom. The molecule has 0 spiro atoms. The van der Waals surface area contributed by atoms with E-state index in [1.165, 1.54) is 11.1 Å². The maximum atomic E-state index is 5.40. The summed E-state index contributed by atoms with van der Waals surface area (Å²) < 4.78 is 0. The molecular formula is C6H8Cl2S. The Morgan fingerprint density at radius 2 is 1.44 bits per heavy atom. The Hall–Kier alpha value is 0.410. The summed E-state index contributed by atoms with van der Waals surface area (Å²) >= 11 is 12.4. The van der Waals surface area contributed by atoms with E-state index in [1.54, 1.807) is 11.8 Å². The van der Waals surface area contributed by atoms with E-state index >= 15 is 0 Å². The molecular weight excluding hydrogens is 175 g/mol. The van der Waals surface area contributed by atoms with E-state index in [1.807, 2.05) is 13.8 Å². The minimum Gasteiger partial charge on any atom is -0.0978 e. The van der Waals surface area contributed by atoms with Gasteiger partial charge in [-0.15, -0.1) is 0 Å². The lowest BCUT2D eigenvalue weighted by molar-refractivity contribution is 1.67. The van der Waals surface area contributed by atoms with Gasteiger partial charge in [0.2, 0.25) is 0 Å². The smallest absolute Gasteiger partial charge is 0.0138 e. The summed E-state index contributed by atoms with van der Waals surface area (Å²) in [6, 6.07) is 0. The van der Waals surface area contributed by atoms with Crippen molar-refractivity contribution in [2.24, 2.45) is 0 Å². The Labute approximate surface area is 69.9 Å². The largest absolute Gasteiger partial charge is 0.0978 e. The summed E-state index contributed by atoms with van der Waals surface area (Å²) in [5.41, 5.74) is 3.07. The number of allylic oxidation sites excluding steroid dienone is 2. The molecule has 0 atom stereocenters. The van der Waals surface area contributed by atoms with Crippen LogP contribution >= 0.6 is 35.0 Å². The number of hydrogen-bond acceptors (Lipinski definition) is 1. The summed E-state index contributed by atoms with van der Waals surface area (Å²) in [5.74, 6) is 0. The highest BCUT2D eigenvalue weighted by molar-refractivity contribution is 8.06. The highest BCUT2D eigenvalue weighted by atomic mass is 35.5. The van der Waals surface area contributed by atoms with E-state index in [2.05, 4.69) is 0 Å². The molecule has 0 amide bonds. The zero-order chi connectivity index (χ0) is 7.28. The highest BCUT2D eigenvalue weighted by Gasteiger charge is 1.89. The third-order valence-electron chi connectivity index (χ3n) is 0.629. The molecule has 0 aliphatic rings. The van der Waals surface area contributed by atoms with Crippen LogP contribution in [0, 0.1) is 0 Å². The standard InChI is InChI=1S/C6H8Cl2S/c1-5(3-7)9-6(2)4-8/h3-4H,1-2H3/b5-3+,6-4+. The van der Waals surface area contributed by atoms with Crippen LogP contribution in [-0.2, 0) is 0 Å². The molecule has 0 bridgehead atoms. The first-order valence-electron chi connectivity index (χ1n) is 2.42. The first-order valence-corrected chi connectivity index (χ1v) is 4.11. The van der Waals surface area contributed by atoms with Gasteiger partial charge in [0.05, 0.1) is 0 Å². The monoisotopic (exact) mass is 182 g/mol. The van der Waals surface area contributed by atoms with Gasteiger partial charge >= 0.3 is 0 Å². The van der Waals surface area contributed by atoms with E-state index < -0.39 is 0 Å². The number of hydrogen-bond donors (Lipinski definition) is 0. The lowest BCUT2D eigenvalue weighted by atomic mass is 10.7. The van der Waals surface area contributed by atoms with Gasteiger partial charge in [-0.05, 0) is 23.7 Å². The summed E-state index contributed by atoms with van der Waals surface area (Å²) in [5, 5.41) is 0. The molecule has 0 rings (SSSR count). The maximum Gasteiger partial charge on any atom is 0.0138 e. The molecule has 0 nitrogen and oxygen atoms in total. The Bertz CT molecular complexity index is 122. The maximum absolute atomic E-state index is 5.40. The van der Waals surface area contributed by atoms with Gasteiger partial charge in [-0.3, -0.25) is 0 Å². The topological polar surface area (TPSA) is 0 Å². The van der Waals surface area contributed by atoms with Crippen molar-refractivity contribution in [1.29, 1.82) is 0 Å². The van der Waals surface area contributed by atoms with Gasteiger partial charge in [-0.1, -0.05) is 35.0 Å². The number of thioether (sulfide) groups is 1. The molecule has 0 aromatic rings. The van der Waals surface area contributed by atoms with Crippen LogP contribution in [0.5, 0.6) is 0 Å². The van der Waals surface area contributed by atoms with Gasteiger partial charge in [0.1, 0.15) is 0 Å². The van der Waals surface area contributed by atoms with Crippen LogP contribution in [0.15, 0.2) is 20.9 Å². The van der Waals surface area contributed by atoms with Gasteiger partial charge in [-0.2, -0.15) is 0 Å². The highest BCUT2D eigenvalue weighted by Crippen LogP contribution is 2.24. The first kappa shape index (κ1) is 9.41. The third kappa shape index (κ3) is 4.89. The molecule has 0 N–H and O–H groups in total. The average Bonchev–Trinajstić information content (AvgIpc) is 1.87. The summed E-state index contributed by atoms with van der Waals surface area (Å²) in [6.45, 7) is 3.86. The minimum atomic E-state index is 1.05. The molecule has 52 valence electrons. The lowest BCUT2D eigenvalue weighted by Gasteiger charge is -1.95. The van der Waals surface area contributed by atoms with Gasteiger partial charge in [-0.25, -0.2) is 0 Å². The predicted octanol–water partition coefficient (Wildman–Crippen LogP) is 3.92. The molecule has 0 saturated carbocycles. The number of rotatable bonds is 2. The van der Waals surface area contributed by atoms with Crippen LogP contribution in [0.1, 0.15) is 13.8 Å². The summed E-state index contributed by atoms with van der Waals surface area (Å²) in [7, 11) is 0. The molecule has 0 aliphatic heterocycles. The van der Waals surface area contributed by atoms with Crippen LogP contribution in [-0.4, -0.2) is 0 Å². The Kier molecular flexibility index (Phi) is 5.45. The fourth-order valence-electron chi connectivity index (χ4n) is 0.298. The summed E-state index contributed by atoms with van der Waals surface area (Å²) in [6.07, 6.45) is 0. The van der Waals surface area contributed by atoms with Crippen molar-refractivity contribution in [2.75, 3.05) is 0 Å². The van der Waals surface area contributed by atoms with Crippen molar-refractivity contribution < 1.29 is 0 Å². The van der Waals surface area contributed by atoms with Gasteiger partial charge in [0, 0.05) is 11.1 Å². The molecule has 9 heavy (non-hydrogen) atoms. The molecule has 0 saturated heterocycles. The molecule has 0 aromatic heterocycles. The van der Waals surface area contributed by atoms with Crippen LogP contribution in [0.25, 0.3) is 0 Å². The number of halogens is 2. The van der Waals surface area contributed by atoms with Crippen LogP contribution in [0.3, 0.4) is 0 Å². The Morgan fingerprint density at radius 3 is 1.67 bits per heavy atom. The van der Waals surface area contributed by atoms with Crippen molar-refractivity contribution in [2.45, 2.75) is 13.8 Å². The van der Waals surface area contributed by atoms with Gasteiger partial charge in [0.15, 0.2) is 0 Å². The molecule has 0 heterocycles. The molecule has 0 aliphatic carbocycles. The first-order chi connectivity index (χ1) is 4.20. The molecule has 0 aromatic carbocycles. The summed E-state index contributed by atoms with van der Waals surface area (Å²) in [4.78, 5) is 2.09. The van der Waals surface area contributed by atoms with Crippen LogP contribution in [0.2, 0.25) is 0 Å². The fraction of sp³-hybridized carbons (Fsp3) is 0.333. The van der Waals surface area contributed by atoms with Crippen LogP contribution < -0.4 is 0 Å². The SMILES string of the molecule is C/C(=C\Cl)S/C(C)=C/Cl. The molecule has 0 unspecified atom stereocenters. The molecule has 0 fully saturated rings. The van der Waals surface area contributed by atoms with E-state index in [0.29, 0.717) is 0 Å². The quantitative estimate of drug-likeness (QED) is 0.625. The van der Waals surface area contributed by atoms with E-state index in [9.17, 15) is 0 Å². The molecule has 0 radical (unpaired) electrons. The van der Waals surface area contributed by atoms with Gasteiger partial charge < -0.3 is 0 Å². The van der Waals surface area contributed by atoms with E-state index in [4.69, 9.17) is 23.2 Å². The third-order valence-corrected chi connectivity index (χ3v) is 2.42. The average molecular weight is 183 g/mol. The normalized spacial score (nSPS) is 14.2. The predicted molar refractivity (Wildman–Crippen MR) is 46.8 cm³/mol. The second-order valence-corrected chi connectivity index (χ2v) is 3.47. The van der Waals surface area contributed by atoms with Crippen molar-refractivity contribution in [1.82, 2.24) is 0 Å². The zero-order valence-corrected chi connectivity index (χ0v) is 7.65. The van der Waals surface area contributed by atoms with E-state index in [-0.39, 0.29) is 0 Å². The van der Waals surface area contributed by atoms with Crippen LogP contribution in [0.4, 0.5) is 0 Å². The van der Waals surface area contributed by atoms with E-state index in [0.717, 1.165) is 9.81 Å². The Balaban J connectivity index is 3.75. The molecule has 3 heteroatoms. The minimum absolute atomic E-state index is 1.05. The van der Waals surface area contributed by atoms with Crippen molar-refractivity contribution in [3.05, 3.63) is 20.9 Å².